The van der Waals surface area contributed by atoms with Crippen molar-refractivity contribution < 1.29 is 23.6 Å². The van der Waals surface area contributed by atoms with Crippen LogP contribution in [0.5, 0.6) is 0 Å². The first kappa shape index (κ1) is 13.0. The molecule has 0 radical (unpaired) electrons. The summed E-state index contributed by atoms with van der Waals surface area (Å²) in [4.78, 5) is 20.1. The van der Waals surface area contributed by atoms with E-state index in [2.05, 4.69) is 0 Å². The van der Waals surface area contributed by atoms with Gasteiger partial charge in [0, 0.05) is 5.56 Å². The lowest BCUT2D eigenvalue weighted by Gasteiger charge is -2.15. The Morgan fingerprint density at radius 2 is 2.12 bits per heavy atom. The van der Waals surface area contributed by atoms with E-state index in [0.29, 0.717) is 0 Å². The molecule has 1 aromatic rings. The Kier molecular flexibility index (Phi) is 3.40. The normalized spacial score (nSPS) is 11.2. The van der Waals surface area contributed by atoms with Crippen LogP contribution in [0, 0.1) is 17.0 Å². The van der Waals surface area contributed by atoms with E-state index in [4.69, 9.17) is 5.11 Å². The fraction of sp³-hybridized carbons (Fsp3) is 0.300. The molecule has 0 aromatic heterocycles. The second-order valence-corrected chi connectivity index (χ2v) is 3.50. The lowest BCUT2D eigenvalue weighted by molar-refractivity contribution is -0.387. The van der Waals surface area contributed by atoms with E-state index in [9.17, 15) is 23.7 Å². The van der Waals surface area contributed by atoms with Crippen LogP contribution in [0.3, 0.4) is 0 Å². The number of carbonyl (C=O) groups is 1. The van der Waals surface area contributed by atoms with Gasteiger partial charge >= 0.3 is 5.97 Å². The Labute approximate surface area is 94.8 Å². The number of carboxylic acids is 1. The minimum absolute atomic E-state index is 0.0672. The summed E-state index contributed by atoms with van der Waals surface area (Å²) in [7, 11) is 0. The zero-order valence-corrected chi connectivity index (χ0v) is 8.81. The maximum atomic E-state index is 13.5. The lowest BCUT2D eigenvalue weighted by Crippen LogP contribution is -2.20. The average Bonchev–Trinajstić information content (AvgIpc) is 2.14. The largest absolute Gasteiger partial charge is 0.481 e. The highest BCUT2D eigenvalue weighted by Gasteiger charge is 2.40. The van der Waals surface area contributed by atoms with Gasteiger partial charge in [-0.1, -0.05) is 12.1 Å². The van der Waals surface area contributed by atoms with E-state index in [1.165, 1.54) is 19.1 Å². The van der Waals surface area contributed by atoms with Crippen LogP contribution >= 0.6 is 0 Å². The Morgan fingerprint density at radius 3 is 2.59 bits per heavy atom. The monoisotopic (exact) mass is 245 g/mol. The van der Waals surface area contributed by atoms with Crippen LogP contribution in [0.15, 0.2) is 18.2 Å². The van der Waals surface area contributed by atoms with Gasteiger partial charge < -0.3 is 5.11 Å². The lowest BCUT2D eigenvalue weighted by atomic mass is 10.0. The predicted molar refractivity (Wildman–Crippen MR) is 54.0 cm³/mol. The molecule has 5 nitrogen and oxygen atoms in total. The number of aryl methyl sites for hydroxylation is 1. The number of alkyl halides is 2. The van der Waals surface area contributed by atoms with Crippen molar-refractivity contribution in [2.24, 2.45) is 0 Å². The number of hydrogen-bond acceptors (Lipinski definition) is 3. The third-order valence-electron chi connectivity index (χ3n) is 2.19. The number of para-hydroxylation sites is 1. The van der Waals surface area contributed by atoms with E-state index in [1.54, 1.807) is 0 Å². The minimum atomic E-state index is -3.76. The van der Waals surface area contributed by atoms with Crippen molar-refractivity contribution in [3.8, 4) is 0 Å². The van der Waals surface area contributed by atoms with Crippen molar-refractivity contribution in [1.29, 1.82) is 0 Å². The van der Waals surface area contributed by atoms with Crippen LogP contribution in [0.2, 0.25) is 0 Å². The summed E-state index contributed by atoms with van der Waals surface area (Å²) < 4.78 is 27.0. The molecule has 0 amide bonds. The van der Waals surface area contributed by atoms with Crippen molar-refractivity contribution in [2.75, 3.05) is 0 Å². The molecule has 7 heteroatoms. The Hall–Kier alpha value is -2.05. The summed E-state index contributed by atoms with van der Waals surface area (Å²) in [6, 6.07) is 3.42. The van der Waals surface area contributed by atoms with Gasteiger partial charge in [-0.15, -0.1) is 0 Å². The number of rotatable bonds is 4. The van der Waals surface area contributed by atoms with Gasteiger partial charge in [0.25, 0.3) is 11.6 Å². The number of hydrogen-bond donors (Lipinski definition) is 1. The first-order valence-corrected chi connectivity index (χ1v) is 4.60. The zero-order valence-electron chi connectivity index (χ0n) is 8.81. The molecular formula is C10H9F2NO4. The third-order valence-corrected chi connectivity index (χ3v) is 2.19. The van der Waals surface area contributed by atoms with E-state index in [1.807, 2.05) is 0 Å². The summed E-state index contributed by atoms with van der Waals surface area (Å²) >= 11 is 0. The molecule has 0 unspecified atom stereocenters. The molecule has 0 bridgehead atoms. The van der Waals surface area contributed by atoms with E-state index in [-0.39, 0.29) is 5.56 Å². The van der Waals surface area contributed by atoms with Crippen molar-refractivity contribution in [3.05, 3.63) is 39.4 Å². The number of halogens is 2. The van der Waals surface area contributed by atoms with E-state index < -0.39 is 34.5 Å². The van der Waals surface area contributed by atoms with E-state index >= 15 is 0 Å². The van der Waals surface area contributed by atoms with Gasteiger partial charge in [-0.2, -0.15) is 0 Å². The quantitative estimate of drug-likeness (QED) is 0.652. The molecule has 17 heavy (non-hydrogen) atoms. The molecule has 0 aliphatic heterocycles. The summed E-state index contributed by atoms with van der Waals surface area (Å²) in [6.45, 7) is 1.32. The molecule has 0 spiro atoms. The highest BCUT2D eigenvalue weighted by Crippen LogP contribution is 2.38. The van der Waals surface area contributed by atoms with Crippen LogP contribution in [-0.4, -0.2) is 16.0 Å². The fourth-order valence-corrected chi connectivity index (χ4v) is 1.48. The topological polar surface area (TPSA) is 80.4 Å². The van der Waals surface area contributed by atoms with Gasteiger partial charge in [0.2, 0.25) is 0 Å². The highest BCUT2D eigenvalue weighted by atomic mass is 19.3. The molecule has 0 heterocycles. The molecular weight excluding hydrogens is 236 g/mol. The van der Waals surface area contributed by atoms with Crippen LogP contribution in [0.1, 0.15) is 17.5 Å². The number of benzene rings is 1. The molecule has 0 atom stereocenters. The maximum absolute atomic E-state index is 13.5. The van der Waals surface area contributed by atoms with Gasteiger partial charge in [0.1, 0.15) is 6.42 Å². The number of aliphatic carboxylic acids is 1. The van der Waals surface area contributed by atoms with Gasteiger partial charge in [-0.25, -0.2) is 8.78 Å². The standard InChI is InChI=1S/C10H9F2NO4/c1-6-3-2-4-7(9(6)13(16)17)10(11,12)5-8(14)15/h2-4H,5H2,1H3,(H,14,15). The number of carboxylic acid groups (broad SMARTS) is 1. The summed E-state index contributed by atoms with van der Waals surface area (Å²) in [5.74, 6) is -5.48. The summed E-state index contributed by atoms with van der Waals surface area (Å²) in [6.07, 6.45) is -1.47. The van der Waals surface area contributed by atoms with Gasteiger partial charge in [-0.3, -0.25) is 14.9 Å². The molecule has 0 fully saturated rings. The predicted octanol–water partition coefficient (Wildman–Crippen LogP) is 2.47. The van der Waals surface area contributed by atoms with Crippen molar-refractivity contribution >= 4 is 11.7 Å². The van der Waals surface area contributed by atoms with E-state index in [0.717, 1.165) is 6.07 Å². The third kappa shape index (κ3) is 2.74. The molecule has 0 aliphatic carbocycles. The SMILES string of the molecule is Cc1cccc(C(F)(F)CC(=O)O)c1[N+](=O)[O-]. The van der Waals surface area contributed by atoms with Gasteiger partial charge in [0.05, 0.1) is 10.5 Å². The molecule has 0 aliphatic rings. The second-order valence-electron chi connectivity index (χ2n) is 3.50. The van der Waals surface area contributed by atoms with Crippen LogP contribution < -0.4 is 0 Å². The average molecular weight is 245 g/mol. The molecule has 0 saturated heterocycles. The Bertz CT molecular complexity index is 473. The van der Waals surface area contributed by atoms with Crippen molar-refractivity contribution in [2.45, 2.75) is 19.3 Å². The number of nitro benzene ring substituents is 1. The highest BCUT2D eigenvalue weighted by molar-refractivity contribution is 5.69. The smallest absolute Gasteiger partial charge is 0.309 e. The molecule has 92 valence electrons. The minimum Gasteiger partial charge on any atom is -0.481 e. The molecule has 1 rings (SSSR count). The Balaban J connectivity index is 3.35. The first-order chi connectivity index (χ1) is 7.75. The fourth-order valence-electron chi connectivity index (χ4n) is 1.48. The van der Waals surface area contributed by atoms with Crippen LogP contribution in [0.25, 0.3) is 0 Å². The van der Waals surface area contributed by atoms with Gasteiger partial charge in [0.15, 0.2) is 0 Å². The van der Waals surface area contributed by atoms with Crippen LogP contribution in [-0.2, 0) is 10.7 Å². The summed E-state index contributed by atoms with van der Waals surface area (Å²) in [5, 5.41) is 19.1. The van der Waals surface area contributed by atoms with Crippen LogP contribution in [0.4, 0.5) is 14.5 Å². The first-order valence-electron chi connectivity index (χ1n) is 4.60. The molecule has 0 saturated carbocycles. The van der Waals surface area contributed by atoms with Crippen molar-refractivity contribution in [1.82, 2.24) is 0 Å². The van der Waals surface area contributed by atoms with Gasteiger partial charge in [-0.05, 0) is 13.0 Å². The second kappa shape index (κ2) is 4.44. The number of nitrogens with zero attached hydrogens (tertiary/aromatic N) is 1. The Morgan fingerprint density at radius 1 is 1.53 bits per heavy atom. The molecule has 1 N–H and O–H groups in total. The summed E-state index contributed by atoms with van der Waals surface area (Å²) in [5.41, 5.74) is -1.54. The maximum Gasteiger partial charge on any atom is 0.309 e. The van der Waals surface area contributed by atoms with Crippen molar-refractivity contribution in [3.63, 3.8) is 0 Å². The number of nitro groups is 1. The zero-order chi connectivity index (χ0) is 13.2. The molecule has 1 aromatic carbocycles.